The van der Waals surface area contributed by atoms with Gasteiger partial charge in [0.2, 0.25) is 11.8 Å². The minimum Gasteiger partial charge on any atom is -0.421 e. The summed E-state index contributed by atoms with van der Waals surface area (Å²) in [7, 11) is 0. The Morgan fingerprint density at radius 2 is 1.86 bits per heavy atom. The zero-order valence-electron chi connectivity index (χ0n) is 18.7. The van der Waals surface area contributed by atoms with Crippen molar-refractivity contribution in [2.75, 3.05) is 0 Å². The van der Waals surface area contributed by atoms with E-state index >= 15 is 0 Å². The quantitative estimate of drug-likeness (QED) is 0.196. The fraction of sp³-hybridized carbons (Fsp3) is 0.0769. The molecule has 2 aromatic heterocycles. The van der Waals surface area contributed by atoms with Gasteiger partial charge in [0.25, 0.3) is 0 Å². The number of hydrogen-bond acceptors (Lipinski definition) is 6. The summed E-state index contributed by atoms with van der Waals surface area (Å²) in [6.45, 7) is 9.07. The second kappa shape index (κ2) is 10.5. The second-order valence-electron chi connectivity index (χ2n) is 7.36. The molecule has 0 amide bonds. The molecule has 0 radical (unpaired) electrons. The SMILES string of the molecule is [C-]#[N+]c1ccc(C(=N)OC(=N)/C=C/c2nnc(-c3ccc(CC)cn3)n2-c2ccccc2Cl)cc1. The lowest BCUT2D eigenvalue weighted by atomic mass is 10.2. The Labute approximate surface area is 207 Å². The number of hydrogen-bond donors (Lipinski definition) is 2. The molecule has 0 fully saturated rings. The summed E-state index contributed by atoms with van der Waals surface area (Å²) in [4.78, 5) is 7.85. The summed E-state index contributed by atoms with van der Waals surface area (Å²) >= 11 is 6.48. The van der Waals surface area contributed by atoms with Crippen molar-refractivity contribution in [2.24, 2.45) is 0 Å². The van der Waals surface area contributed by atoms with Gasteiger partial charge < -0.3 is 4.74 Å². The van der Waals surface area contributed by atoms with Crippen LogP contribution in [0.15, 0.2) is 72.9 Å². The summed E-state index contributed by atoms with van der Waals surface area (Å²) in [5, 5.41) is 25.3. The largest absolute Gasteiger partial charge is 0.421 e. The van der Waals surface area contributed by atoms with Gasteiger partial charge in [-0.1, -0.05) is 61.0 Å². The molecule has 2 aromatic carbocycles. The molecule has 2 N–H and O–H groups in total. The third-order valence-electron chi connectivity index (χ3n) is 5.10. The third kappa shape index (κ3) is 5.32. The fourth-order valence-corrected chi connectivity index (χ4v) is 3.47. The standard InChI is InChI=1S/C26H20ClN7O/c1-3-17-8-13-21(31-16-17)26-33-32-24(34(26)22-7-5-4-6-20(22)27)15-14-23(28)35-25(29)18-9-11-19(30-2)12-10-18/h4-16,28-29H,3H2,1H3/b15-14+,28-23?,29-25?. The highest BCUT2D eigenvalue weighted by molar-refractivity contribution is 6.32. The van der Waals surface area contributed by atoms with Crippen LogP contribution in [0.1, 0.15) is 23.9 Å². The van der Waals surface area contributed by atoms with Gasteiger partial charge in [-0.15, -0.1) is 10.2 Å². The molecule has 0 aliphatic rings. The summed E-state index contributed by atoms with van der Waals surface area (Å²) in [5.74, 6) is 0.450. The number of benzene rings is 2. The van der Waals surface area contributed by atoms with Crippen molar-refractivity contribution in [1.29, 1.82) is 10.8 Å². The highest BCUT2D eigenvalue weighted by Gasteiger charge is 2.17. The highest BCUT2D eigenvalue weighted by atomic mass is 35.5. The molecule has 0 aliphatic heterocycles. The lowest BCUT2D eigenvalue weighted by molar-refractivity contribution is 0.541. The molecule has 4 rings (SSSR count). The molecular weight excluding hydrogens is 462 g/mol. The maximum Gasteiger partial charge on any atom is 0.221 e. The molecule has 0 saturated carbocycles. The zero-order chi connectivity index (χ0) is 24.8. The van der Waals surface area contributed by atoms with Crippen molar-refractivity contribution in [3.63, 3.8) is 0 Å². The Hall–Kier alpha value is -4.61. The van der Waals surface area contributed by atoms with E-state index in [4.69, 9.17) is 33.7 Å². The number of aryl methyl sites for hydroxylation is 1. The number of nitrogens with one attached hydrogen (secondary N) is 2. The fourth-order valence-electron chi connectivity index (χ4n) is 3.25. The van der Waals surface area contributed by atoms with Gasteiger partial charge in [-0.25, -0.2) is 4.85 Å². The minimum absolute atomic E-state index is 0.204. The maximum absolute atomic E-state index is 8.13. The maximum atomic E-state index is 8.13. The summed E-state index contributed by atoms with van der Waals surface area (Å²) in [5.41, 5.74) is 3.32. The van der Waals surface area contributed by atoms with Crippen molar-refractivity contribution < 1.29 is 4.74 Å². The van der Waals surface area contributed by atoms with E-state index in [9.17, 15) is 0 Å². The summed E-state index contributed by atoms with van der Waals surface area (Å²) in [6.07, 6.45) is 5.63. The van der Waals surface area contributed by atoms with E-state index in [1.807, 2.05) is 30.3 Å². The van der Waals surface area contributed by atoms with Crippen LogP contribution in [0, 0.1) is 17.4 Å². The van der Waals surface area contributed by atoms with Crippen molar-refractivity contribution in [3.05, 3.63) is 106 Å². The molecule has 2 heterocycles. The number of nitrogens with zero attached hydrogens (tertiary/aromatic N) is 5. The van der Waals surface area contributed by atoms with E-state index < -0.39 is 0 Å². The first-order chi connectivity index (χ1) is 17.0. The number of aromatic nitrogens is 4. The molecule has 0 saturated heterocycles. The molecule has 0 spiro atoms. The van der Waals surface area contributed by atoms with Gasteiger partial charge in [-0.3, -0.25) is 20.4 Å². The van der Waals surface area contributed by atoms with Crippen LogP contribution in [0.2, 0.25) is 5.02 Å². The Balaban J connectivity index is 1.63. The summed E-state index contributed by atoms with van der Waals surface area (Å²) in [6, 6.07) is 17.6. The number of pyridine rings is 1. The van der Waals surface area contributed by atoms with E-state index in [0.717, 1.165) is 12.0 Å². The molecular formula is C26H20ClN7O. The predicted octanol–water partition coefficient (Wildman–Crippen LogP) is 6.13. The van der Waals surface area contributed by atoms with E-state index in [1.54, 1.807) is 47.2 Å². The molecule has 9 heteroatoms. The number of rotatable bonds is 6. The van der Waals surface area contributed by atoms with Gasteiger partial charge in [-0.05, 0) is 36.3 Å². The minimum atomic E-state index is -0.259. The molecule has 8 nitrogen and oxygen atoms in total. The topological polar surface area (TPSA) is 105 Å². The Kier molecular flexibility index (Phi) is 7.10. The number of ether oxygens (including phenoxy) is 1. The van der Waals surface area contributed by atoms with Crippen LogP contribution in [-0.2, 0) is 11.2 Å². The van der Waals surface area contributed by atoms with E-state index in [2.05, 4.69) is 27.0 Å². The molecule has 0 bridgehead atoms. The zero-order valence-corrected chi connectivity index (χ0v) is 19.5. The Bertz CT molecular complexity index is 1450. The molecule has 0 unspecified atom stereocenters. The predicted molar refractivity (Wildman–Crippen MR) is 136 cm³/mol. The van der Waals surface area contributed by atoms with Gasteiger partial charge >= 0.3 is 0 Å². The van der Waals surface area contributed by atoms with Crippen LogP contribution in [-0.4, -0.2) is 31.5 Å². The van der Waals surface area contributed by atoms with Crippen LogP contribution in [0.25, 0.3) is 28.1 Å². The van der Waals surface area contributed by atoms with Gasteiger partial charge in [0, 0.05) is 17.8 Å². The Morgan fingerprint density at radius 1 is 1.09 bits per heavy atom. The first-order valence-electron chi connectivity index (χ1n) is 10.7. The van der Waals surface area contributed by atoms with E-state index in [1.165, 1.54) is 6.08 Å². The number of halogens is 1. The van der Waals surface area contributed by atoms with Crippen molar-refractivity contribution in [1.82, 2.24) is 19.7 Å². The number of para-hydroxylation sites is 1. The highest BCUT2D eigenvalue weighted by Crippen LogP contribution is 2.27. The molecule has 0 atom stereocenters. The molecule has 4 aromatic rings. The van der Waals surface area contributed by atoms with Crippen LogP contribution >= 0.6 is 11.6 Å². The Morgan fingerprint density at radius 3 is 2.51 bits per heavy atom. The normalized spacial score (nSPS) is 10.8. The molecule has 0 aliphatic carbocycles. The monoisotopic (exact) mass is 481 g/mol. The van der Waals surface area contributed by atoms with Gasteiger partial charge in [0.15, 0.2) is 17.3 Å². The summed E-state index contributed by atoms with van der Waals surface area (Å²) < 4.78 is 7.08. The van der Waals surface area contributed by atoms with Crippen LogP contribution in [0.5, 0.6) is 0 Å². The van der Waals surface area contributed by atoms with E-state index in [-0.39, 0.29) is 11.8 Å². The van der Waals surface area contributed by atoms with Crippen molar-refractivity contribution in [2.45, 2.75) is 13.3 Å². The van der Waals surface area contributed by atoms with Crippen LogP contribution in [0.3, 0.4) is 0 Å². The third-order valence-corrected chi connectivity index (χ3v) is 5.42. The lowest BCUT2D eigenvalue weighted by Crippen LogP contribution is -2.10. The average Bonchev–Trinajstić information content (AvgIpc) is 3.31. The van der Waals surface area contributed by atoms with Crippen LogP contribution < -0.4 is 0 Å². The smallest absolute Gasteiger partial charge is 0.221 e. The van der Waals surface area contributed by atoms with E-state index in [0.29, 0.717) is 39.3 Å². The van der Waals surface area contributed by atoms with Gasteiger partial charge in [0.05, 0.1) is 17.3 Å². The average molecular weight is 482 g/mol. The van der Waals surface area contributed by atoms with Crippen LogP contribution in [0.4, 0.5) is 5.69 Å². The second-order valence-corrected chi connectivity index (χ2v) is 7.77. The molecule has 35 heavy (non-hydrogen) atoms. The molecule has 172 valence electrons. The lowest BCUT2D eigenvalue weighted by Gasteiger charge is -2.11. The first kappa shape index (κ1) is 23.5. The van der Waals surface area contributed by atoms with Crippen molar-refractivity contribution in [3.8, 4) is 17.2 Å². The van der Waals surface area contributed by atoms with Gasteiger partial charge in [-0.2, -0.15) is 0 Å². The van der Waals surface area contributed by atoms with Crippen molar-refractivity contribution >= 4 is 35.2 Å². The first-order valence-corrected chi connectivity index (χ1v) is 11.0. The van der Waals surface area contributed by atoms with Gasteiger partial charge in [0.1, 0.15) is 5.69 Å².